The van der Waals surface area contributed by atoms with Gasteiger partial charge < -0.3 is 15.4 Å². The molecule has 2 aliphatic heterocycles. The van der Waals surface area contributed by atoms with Crippen LogP contribution in [0.3, 0.4) is 0 Å². The summed E-state index contributed by atoms with van der Waals surface area (Å²) in [5.74, 6) is 0.787. The summed E-state index contributed by atoms with van der Waals surface area (Å²) in [4.78, 5) is 0. The summed E-state index contributed by atoms with van der Waals surface area (Å²) in [6.45, 7) is 2.81. The van der Waals surface area contributed by atoms with Gasteiger partial charge >= 0.3 is 0 Å². The largest absolute Gasteiger partial charge is 0.492 e. The van der Waals surface area contributed by atoms with E-state index in [-0.39, 0.29) is 48.1 Å². The van der Waals surface area contributed by atoms with Crippen molar-refractivity contribution in [2.24, 2.45) is 0 Å². The van der Waals surface area contributed by atoms with Crippen molar-refractivity contribution in [2.75, 3.05) is 32.8 Å². The van der Waals surface area contributed by atoms with E-state index in [0.29, 0.717) is 19.6 Å². The molecule has 0 bridgehead atoms. The van der Waals surface area contributed by atoms with E-state index in [0.717, 1.165) is 43.1 Å². The zero-order valence-corrected chi connectivity index (χ0v) is 22.8. The molecule has 5 rings (SSSR count). The highest BCUT2D eigenvalue weighted by Gasteiger charge is 2.47. The highest BCUT2D eigenvalue weighted by molar-refractivity contribution is 7.90. The molecule has 3 aliphatic rings. The lowest BCUT2D eigenvalue weighted by Crippen LogP contribution is -2.49. The molecule has 0 aromatic heterocycles. The number of sulfonamides is 1. The van der Waals surface area contributed by atoms with Gasteiger partial charge in [0.15, 0.2) is 0 Å². The van der Waals surface area contributed by atoms with Crippen LogP contribution < -0.4 is 20.1 Å². The van der Waals surface area contributed by atoms with E-state index in [2.05, 4.69) is 39.6 Å². The molecule has 1 saturated carbocycles. The zero-order valence-electron chi connectivity index (χ0n) is 19.6. The van der Waals surface area contributed by atoms with E-state index in [4.69, 9.17) is 16.3 Å². The second-order valence-electron chi connectivity index (χ2n) is 9.42. The maximum atomic E-state index is 12.4. The van der Waals surface area contributed by atoms with Gasteiger partial charge in [-0.25, -0.2) is 13.1 Å². The van der Waals surface area contributed by atoms with Crippen LogP contribution in [0.5, 0.6) is 5.75 Å². The van der Waals surface area contributed by atoms with E-state index in [1.807, 2.05) is 18.2 Å². The van der Waals surface area contributed by atoms with Crippen LogP contribution in [0.4, 0.5) is 0 Å². The highest BCUT2D eigenvalue weighted by atomic mass is 35.5. The van der Waals surface area contributed by atoms with Gasteiger partial charge in [0.2, 0.25) is 10.0 Å². The Hall–Kier alpha value is -1.06. The fourth-order valence-corrected chi connectivity index (χ4v) is 7.06. The van der Waals surface area contributed by atoms with Crippen LogP contribution in [0.1, 0.15) is 48.4 Å². The molecule has 2 heterocycles. The Balaban J connectivity index is 0.00000171. The summed E-state index contributed by atoms with van der Waals surface area (Å²) in [7, 11) is -3.30. The first-order valence-electron chi connectivity index (χ1n) is 11.9. The second-order valence-corrected chi connectivity index (χ2v) is 11.9. The summed E-state index contributed by atoms with van der Waals surface area (Å²) in [5, 5.41) is 7.31. The van der Waals surface area contributed by atoms with E-state index in [1.165, 1.54) is 23.1 Å². The summed E-state index contributed by atoms with van der Waals surface area (Å²) in [6.07, 6.45) is 5.18. The molecule has 35 heavy (non-hydrogen) atoms. The molecule has 0 radical (unpaired) electrons. The van der Waals surface area contributed by atoms with Gasteiger partial charge in [-0.1, -0.05) is 36.2 Å². The molecule has 6 nitrogen and oxygen atoms in total. The maximum absolute atomic E-state index is 12.4. The maximum Gasteiger partial charge on any atom is 0.215 e. The number of halogens is 3. The minimum atomic E-state index is -3.30. The predicted octanol–water partition coefficient (Wildman–Crippen LogP) is 4.15. The number of nitrogens with one attached hydrogen (secondary N) is 3. The van der Waals surface area contributed by atoms with Gasteiger partial charge in [0.1, 0.15) is 12.4 Å². The molecule has 2 aromatic carbocycles. The third-order valence-corrected chi connectivity index (χ3v) is 9.66. The molecule has 0 spiro atoms. The monoisotopic (exact) mass is 561 g/mol. The van der Waals surface area contributed by atoms with Crippen molar-refractivity contribution in [3.63, 3.8) is 0 Å². The van der Waals surface area contributed by atoms with Crippen LogP contribution in [0.2, 0.25) is 5.02 Å². The van der Waals surface area contributed by atoms with Crippen LogP contribution in [0, 0.1) is 0 Å². The van der Waals surface area contributed by atoms with Gasteiger partial charge in [0.05, 0.1) is 5.25 Å². The molecule has 3 N–H and O–H groups in total. The number of rotatable bonds is 8. The molecule has 194 valence electrons. The Labute approximate surface area is 225 Å². The first-order valence-corrected chi connectivity index (χ1v) is 13.8. The Bertz CT molecular complexity index is 1090. The Kier molecular flexibility index (Phi) is 9.77. The zero-order chi connectivity index (χ0) is 22.9. The molecule has 2 aromatic rings. The first-order chi connectivity index (χ1) is 16.0. The Morgan fingerprint density at radius 1 is 1.09 bits per heavy atom. The van der Waals surface area contributed by atoms with Gasteiger partial charge in [-0.05, 0) is 79.7 Å². The first kappa shape index (κ1) is 28.5. The minimum Gasteiger partial charge on any atom is -0.492 e. The lowest BCUT2D eigenvalue weighted by molar-refractivity contribution is 0.164. The van der Waals surface area contributed by atoms with Gasteiger partial charge in [-0.2, -0.15) is 0 Å². The lowest BCUT2D eigenvalue weighted by Gasteiger charge is -2.50. The van der Waals surface area contributed by atoms with Crippen LogP contribution in [0.25, 0.3) is 0 Å². The van der Waals surface area contributed by atoms with E-state index in [9.17, 15) is 8.42 Å². The molecular formula is C25H34Cl3N3O3S. The number of hydrogen-bond acceptors (Lipinski definition) is 5. The molecule has 2 unspecified atom stereocenters. The normalized spacial score (nSPS) is 22.8. The third-order valence-electron chi connectivity index (χ3n) is 7.52. The molecule has 1 saturated heterocycles. The topological polar surface area (TPSA) is 79.5 Å². The summed E-state index contributed by atoms with van der Waals surface area (Å²) in [6, 6.07) is 14.9. The van der Waals surface area contributed by atoms with Crippen LogP contribution in [-0.4, -0.2) is 46.5 Å². The Morgan fingerprint density at radius 2 is 1.86 bits per heavy atom. The van der Waals surface area contributed by atoms with Gasteiger partial charge in [-0.15, -0.1) is 24.8 Å². The molecule has 1 aliphatic carbocycles. The number of fused-ring (bicyclic) bond motifs is 1. The predicted molar refractivity (Wildman–Crippen MR) is 146 cm³/mol. The van der Waals surface area contributed by atoms with Crippen LogP contribution >= 0.6 is 36.4 Å². The average molecular weight is 563 g/mol. The fourth-order valence-electron chi connectivity index (χ4n) is 5.56. The summed E-state index contributed by atoms with van der Waals surface area (Å²) in [5.41, 5.74) is 4.07. The summed E-state index contributed by atoms with van der Waals surface area (Å²) < 4.78 is 33.4. The van der Waals surface area contributed by atoms with Crippen molar-refractivity contribution in [3.8, 4) is 5.75 Å². The molecular weight excluding hydrogens is 529 g/mol. The van der Waals surface area contributed by atoms with Crippen LogP contribution in [0.15, 0.2) is 42.5 Å². The SMILES string of the molecule is Cl.Cl.O=S(=O)(NCCOc1ccc2c(c1)C(C1(c3ccc(Cl)cc3)CCC1)NCC2)C1CCNC1. The summed E-state index contributed by atoms with van der Waals surface area (Å²) >= 11 is 6.16. The van der Waals surface area contributed by atoms with Crippen molar-refractivity contribution in [1.82, 2.24) is 15.4 Å². The second kappa shape index (κ2) is 12.0. The molecule has 2 fully saturated rings. The number of ether oxygens (including phenoxy) is 1. The fraction of sp³-hybridized carbons (Fsp3) is 0.520. The minimum absolute atomic E-state index is 0. The molecule has 10 heteroatoms. The Morgan fingerprint density at radius 3 is 2.51 bits per heavy atom. The lowest BCUT2D eigenvalue weighted by atomic mass is 9.58. The molecule has 0 amide bonds. The van der Waals surface area contributed by atoms with Crippen molar-refractivity contribution < 1.29 is 13.2 Å². The van der Waals surface area contributed by atoms with E-state index < -0.39 is 10.0 Å². The van der Waals surface area contributed by atoms with E-state index >= 15 is 0 Å². The standard InChI is InChI=1S/C25H32ClN3O3S.2ClH/c26-20-5-3-19(4-6-20)25(10-1-11-25)24-23-16-21(7-2-18(23)8-13-28-24)32-15-14-29-33(30,31)22-9-12-27-17-22;;/h2-7,16,22,24,27-29H,1,8-15,17H2;2*1H. The van der Waals surface area contributed by atoms with Crippen molar-refractivity contribution in [1.29, 1.82) is 0 Å². The quantitative estimate of drug-likeness (QED) is 0.421. The third kappa shape index (κ3) is 5.93. The van der Waals surface area contributed by atoms with Gasteiger partial charge in [0.25, 0.3) is 0 Å². The van der Waals surface area contributed by atoms with Crippen molar-refractivity contribution >= 4 is 46.4 Å². The van der Waals surface area contributed by atoms with E-state index in [1.54, 1.807) is 0 Å². The average Bonchev–Trinajstić information content (AvgIpc) is 3.34. The van der Waals surface area contributed by atoms with Crippen molar-refractivity contribution in [2.45, 2.75) is 48.8 Å². The molecule has 2 atom stereocenters. The highest BCUT2D eigenvalue weighted by Crippen LogP contribution is 2.53. The van der Waals surface area contributed by atoms with Crippen molar-refractivity contribution in [3.05, 3.63) is 64.2 Å². The van der Waals surface area contributed by atoms with Gasteiger partial charge in [0, 0.05) is 29.6 Å². The number of benzene rings is 2. The van der Waals surface area contributed by atoms with Gasteiger partial charge in [-0.3, -0.25) is 0 Å². The smallest absolute Gasteiger partial charge is 0.215 e. The van der Waals surface area contributed by atoms with Crippen LogP contribution in [-0.2, 0) is 21.9 Å². The number of hydrogen-bond donors (Lipinski definition) is 3.